The highest BCUT2D eigenvalue weighted by Gasteiger charge is 2.27. The number of aliphatic hydroxyl groups excluding tert-OH is 1. The van der Waals surface area contributed by atoms with E-state index in [9.17, 15) is 9.90 Å². The Balaban J connectivity index is 1.47. The molecule has 3 rings (SSSR count). The Kier molecular flexibility index (Phi) is 5.47. The van der Waals surface area contributed by atoms with Crippen molar-refractivity contribution in [2.75, 3.05) is 13.1 Å². The Morgan fingerprint density at radius 2 is 1.91 bits per heavy atom. The standard InChI is InChI=1S/C19H23NO2S/c21-18(9-8-17-7-4-14-23-17)20-12-10-16(11-13-20)19(22)15-5-2-1-3-6-15/h1-7,14,16,19,22H,8-13H2/t19-/m1/s1. The van der Waals surface area contributed by atoms with E-state index in [0.29, 0.717) is 6.42 Å². The van der Waals surface area contributed by atoms with Gasteiger partial charge < -0.3 is 10.0 Å². The summed E-state index contributed by atoms with van der Waals surface area (Å²) in [5.74, 6) is 0.491. The van der Waals surface area contributed by atoms with E-state index in [1.54, 1.807) is 11.3 Å². The molecular formula is C19H23NO2S. The van der Waals surface area contributed by atoms with Crippen molar-refractivity contribution in [3.8, 4) is 0 Å². The Hall–Kier alpha value is -1.65. The molecule has 1 fully saturated rings. The van der Waals surface area contributed by atoms with Crippen LogP contribution in [0.1, 0.15) is 35.8 Å². The van der Waals surface area contributed by atoms with Gasteiger partial charge in [0.15, 0.2) is 0 Å². The first kappa shape index (κ1) is 16.2. The van der Waals surface area contributed by atoms with Crippen LogP contribution >= 0.6 is 11.3 Å². The average Bonchev–Trinajstić information content (AvgIpc) is 3.13. The van der Waals surface area contributed by atoms with Crippen LogP contribution in [0.15, 0.2) is 47.8 Å². The van der Waals surface area contributed by atoms with Gasteiger partial charge in [-0.05, 0) is 42.2 Å². The van der Waals surface area contributed by atoms with Gasteiger partial charge in [0.25, 0.3) is 0 Å². The molecule has 4 heteroatoms. The quantitative estimate of drug-likeness (QED) is 0.909. The summed E-state index contributed by atoms with van der Waals surface area (Å²) in [4.78, 5) is 15.5. The number of aliphatic hydroxyl groups is 1. The molecule has 0 radical (unpaired) electrons. The molecule has 1 N–H and O–H groups in total. The molecule has 1 saturated heterocycles. The third-order valence-corrected chi connectivity index (χ3v) is 5.58. The fourth-order valence-corrected chi connectivity index (χ4v) is 3.94. The molecule has 1 atom stereocenters. The Morgan fingerprint density at radius 1 is 1.17 bits per heavy atom. The molecule has 0 unspecified atom stereocenters. The highest BCUT2D eigenvalue weighted by Crippen LogP contribution is 2.30. The van der Waals surface area contributed by atoms with E-state index in [1.165, 1.54) is 4.88 Å². The summed E-state index contributed by atoms with van der Waals surface area (Å²) in [6.07, 6.45) is 2.76. The van der Waals surface area contributed by atoms with Crippen molar-refractivity contribution < 1.29 is 9.90 Å². The fraction of sp³-hybridized carbons (Fsp3) is 0.421. The summed E-state index contributed by atoms with van der Waals surface area (Å²) in [5, 5.41) is 12.5. The molecule has 2 heterocycles. The van der Waals surface area contributed by atoms with Crippen LogP contribution < -0.4 is 0 Å². The largest absolute Gasteiger partial charge is 0.388 e. The van der Waals surface area contributed by atoms with E-state index in [0.717, 1.165) is 37.9 Å². The fourth-order valence-electron chi connectivity index (χ4n) is 3.23. The molecule has 1 aromatic carbocycles. The van der Waals surface area contributed by atoms with Gasteiger partial charge in [0.1, 0.15) is 0 Å². The van der Waals surface area contributed by atoms with Gasteiger partial charge >= 0.3 is 0 Å². The van der Waals surface area contributed by atoms with Gasteiger partial charge in [-0.2, -0.15) is 0 Å². The lowest BCUT2D eigenvalue weighted by Crippen LogP contribution is -2.39. The molecule has 1 aliphatic rings. The Bertz CT molecular complexity index is 604. The summed E-state index contributed by atoms with van der Waals surface area (Å²) < 4.78 is 0. The maximum atomic E-state index is 12.3. The van der Waals surface area contributed by atoms with Crippen LogP contribution in [-0.4, -0.2) is 29.0 Å². The molecule has 1 amide bonds. The lowest BCUT2D eigenvalue weighted by molar-refractivity contribution is -0.133. The van der Waals surface area contributed by atoms with Crippen LogP contribution in [0.25, 0.3) is 0 Å². The van der Waals surface area contributed by atoms with Crippen LogP contribution in [0.4, 0.5) is 0 Å². The molecule has 1 aliphatic heterocycles. The first-order chi connectivity index (χ1) is 11.2. The molecule has 122 valence electrons. The number of likely N-dealkylation sites (tertiary alicyclic amines) is 1. The van der Waals surface area contributed by atoms with Crippen LogP contribution in [0.3, 0.4) is 0 Å². The molecule has 3 nitrogen and oxygen atoms in total. The van der Waals surface area contributed by atoms with E-state index in [1.807, 2.05) is 41.3 Å². The SMILES string of the molecule is O=C(CCc1cccs1)N1CCC([C@H](O)c2ccccc2)CC1. The minimum atomic E-state index is -0.417. The molecule has 2 aromatic rings. The number of hydrogen-bond donors (Lipinski definition) is 1. The van der Waals surface area contributed by atoms with Gasteiger partial charge in [-0.1, -0.05) is 36.4 Å². The molecule has 0 bridgehead atoms. The van der Waals surface area contributed by atoms with E-state index in [4.69, 9.17) is 0 Å². The van der Waals surface area contributed by atoms with Crippen molar-refractivity contribution in [3.63, 3.8) is 0 Å². The molecular weight excluding hydrogens is 306 g/mol. The topological polar surface area (TPSA) is 40.5 Å². The van der Waals surface area contributed by atoms with Crippen LogP contribution in [0, 0.1) is 5.92 Å². The predicted molar refractivity (Wildman–Crippen MR) is 93.3 cm³/mol. The minimum absolute atomic E-state index is 0.242. The number of carbonyl (C=O) groups excluding carboxylic acids is 1. The second-order valence-electron chi connectivity index (χ2n) is 6.15. The number of nitrogens with zero attached hydrogens (tertiary/aromatic N) is 1. The normalized spacial score (nSPS) is 17.2. The first-order valence-electron chi connectivity index (χ1n) is 8.27. The van der Waals surface area contributed by atoms with Gasteiger partial charge in [0.05, 0.1) is 6.10 Å². The van der Waals surface area contributed by atoms with Gasteiger partial charge in [-0.25, -0.2) is 0 Å². The highest BCUT2D eigenvalue weighted by atomic mass is 32.1. The zero-order chi connectivity index (χ0) is 16.1. The third kappa shape index (κ3) is 4.21. The smallest absolute Gasteiger partial charge is 0.222 e. The summed E-state index contributed by atoms with van der Waals surface area (Å²) in [6, 6.07) is 13.9. The van der Waals surface area contributed by atoms with Crippen LogP contribution in [-0.2, 0) is 11.2 Å². The molecule has 0 aliphatic carbocycles. The first-order valence-corrected chi connectivity index (χ1v) is 9.15. The number of piperidine rings is 1. The number of aryl methyl sites for hydroxylation is 1. The summed E-state index contributed by atoms with van der Waals surface area (Å²) in [5.41, 5.74) is 0.981. The average molecular weight is 329 g/mol. The maximum absolute atomic E-state index is 12.3. The van der Waals surface area contributed by atoms with Crippen molar-refractivity contribution in [1.29, 1.82) is 0 Å². The Labute approximate surface area is 141 Å². The zero-order valence-electron chi connectivity index (χ0n) is 13.2. The predicted octanol–water partition coefficient (Wildman–Crippen LogP) is 3.65. The van der Waals surface area contributed by atoms with Crippen molar-refractivity contribution in [2.45, 2.75) is 31.8 Å². The van der Waals surface area contributed by atoms with Gasteiger partial charge in [-0.3, -0.25) is 4.79 Å². The number of hydrogen-bond acceptors (Lipinski definition) is 3. The second kappa shape index (κ2) is 7.75. The third-order valence-electron chi connectivity index (χ3n) is 4.65. The second-order valence-corrected chi connectivity index (χ2v) is 7.19. The lowest BCUT2D eigenvalue weighted by atomic mass is 9.87. The van der Waals surface area contributed by atoms with Crippen molar-refractivity contribution in [2.24, 2.45) is 5.92 Å². The zero-order valence-corrected chi connectivity index (χ0v) is 14.0. The van der Waals surface area contributed by atoms with E-state index in [2.05, 4.69) is 11.4 Å². The minimum Gasteiger partial charge on any atom is -0.388 e. The molecule has 1 aromatic heterocycles. The highest BCUT2D eigenvalue weighted by molar-refractivity contribution is 7.09. The van der Waals surface area contributed by atoms with E-state index < -0.39 is 6.10 Å². The lowest BCUT2D eigenvalue weighted by Gasteiger charge is -2.34. The number of rotatable bonds is 5. The van der Waals surface area contributed by atoms with E-state index >= 15 is 0 Å². The molecule has 0 spiro atoms. The van der Waals surface area contributed by atoms with Gasteiger partial charge in [-0.15, -0.1) is 11.3 Å². The number of benzene rings is 1. The van der Waals surface area contributed by atoms with Gasteiger partial charge in [0.2, 0.25) is 5.91 Å². The number of thiophene rings is 1. The number of amides is 1. The number of carbonyl (C=O) groups is 1. The van der Waals surface area contributed by atoms with Crippen LogP contribution in [0.2, 0.25) is 0 Å². The van der Waals surface area contributed by atoms with Gasteiger partial charge in [0, 0.05) is 24.4 Å². The van der Waals surface area contributed by atoms with E-state index in [-0.39, 0.29) is 11.8 Å². The monoisotopic (exact) mass is 329 g/mol. The van der Waals surface area contributed by atoms with Crippen LogP contribution in [0.5, 0.6) is 0 Å². The summed E-state index contributed by atoms with van der Waals surface area (Å²) in [6.45, 7) is 1.52. The Morgan fingerprint density at radius 3 is 2.57 bits per heavy atom. The molecule has 23 heavy (non-hydrogen) atoms. The molecule has 0 saturated carbocycles. The maximum Gasteiger partial charge on any atom is 0.222 e. The van der Waals surface area contributed by atoms with Crippen molar-refractivity contribution in [1.82, 2.24) is 4.90 Å². The van der Waals surface area contributed by atoms with Crippen molar-refractivity contribution >= 4 is 17.2 Å². The summed E-state index contributed by atoms with van der Waals surface area (Å²) in [7, 11) is 0. The summed E-state index contributed by atoms with van der Waals surface area (Å²) >= 11 is 1.71. The van der Waals surface area contributed by atoms with Crippen molar-refractivity contribution in [3.05, 3.63) is 58.3 Å².